The zero-order chi connectivity index (χ0) is 23.0. The highest BCUT2D eigenvalue weighted by Gasteiger charge is 2.38. The first-order valence-electron chi connectivity index (χ1n) is 9.39. The van der Waals surface area contributed by atoms with Gasteiger partial charge in [0, 0.05) is 0 Å². The Bertz CT molecular complexity index is 1360. The van der Waals surface area contributed by atoms with Gasteiger partial charge in [-0.2, -0.15) is 13.2 Å². The van der Waals surface area contributed by atoms with Gasteiger partial charge in [0.25, 0.3) is 5.56 Å². The first-order chi connectivity index (χ1) is 15.2. The van der Waals surface area contributed by atoms with Crippen LogP contribution in [0.5, 0.6) is 0 Å². The molecule has 0 aliphatic rings. The van der Waals surface area contributed by atoms with Gasteiger partial charge in [-0.25, -0.2) is 15.0 Å². The topological polar surface area (TPSA) is 98.7 Å². The van der Waals surface area contributed by atoms with E-state index in [2.05, 4.69) is 20.3 Å². The lowest BCUT2D eigenvalue weighted by molar-refractivity contribution is -0.136. The molecule has 0 fully saturated rings. The average molecular weight is 461 g/mol. The van der Waals surface area contributed by atoms with Crippen molar-refractivity contribution in [2.45, 2.75) is 19.1 Å². The van der Waals surface area contributed by atoms with Crippen LogP contribution < -0.4 is 16.6 Å². The smallest absolute Gasteiger partial charge is 0.383 e. The standard InChI is InChI=1S/C21H16ClF3N6O/c1-11(29-18-16(21(23,24)25)17(26)27-10-28-18)19-30-14-9-5-8-13(22)15(14)20(32)31(19)12-6-3-2-4-7-12/h2-11H,1H3,(H3,26,27,28,29)/t11-/m0/s1. The molecular formula is C21H16ClF3N6O. The van der Waals surface area contributed by atoms with E-state index in [1.54, 1.807) is 55.5 Å². The Hall–Kier alpha value is -3.66. The third-order valence-corrected chi connectivity index (χ3v) is 5.10. The maximum atomic E-state index is 13.5. The van der Waals surface area contributed by atoms with Gasteiger partial charge in [0.2, 0.25) is 0 Å². The minimum atomic E-state index is -4.78. The second kappa shape index (κ2) is 8.12. The number of fused-ring (bicyclic) bond motifs is 1. The fraction of sp³-hybridized carbons (Fsp3) is 0.143. The predicted octanol–water partition coefficient (Wildman–Crippen LogP) is 4.60. The minimum absolute atomic E-state index is 0.168. The molecule has 2 heterocycles. The van der Waals surface area contributed by atoms with Gasteiger partial charge in [-0.15, -0.1) is 0 Å². The van der Waals surface area contributed by atoms with Crippen LogP contribution in [0.25, 0.3) is 16.6 Å². The first-order valence-corrected chi connectivity index (χ1v) is 9.77. The van der Waals surface area contributed by atoms with Crippen molar-refractivity contribution in [3.8, 4) is 5.69 Å². The Labute approximate surface area is 184 Å². The van der Waals surface area contributed by atoms with Crippen LogP contribution in [-0.4, -0.2) is 19.5 Å². The number of anilines is 2. The number of hydrogen-bond donors (Lipinski definition) is 2. The molecule has 0 aliphatic carbocycles. The molecular weight excluding hydrogens is 445 g/mol. The number of nitrogens with zero attached hydrogens (tertiary/aromatic N) is 4. The summed E-state index contributed by atoms with van der Waals surface area (Å²) in [6.45, 7) is 1.57. The lowest BCUT2D eigenvalue weighted by Crippen LogP contribution is -2.28. The molecule has 11 heteroatoms. The van der Waals surface area contributed by atoms with Crippen molar-refractivity contribution in [2.24, 2.45) is 0 Å². The van der Waals surface area contributed by atoms with Crippen molar-refractivity contribution >= 4 is 34.1 Å². The summed E-state index contributed by atoms with van der Waals surface area (Å²) in [4.78, 5) is 25.1. The molecule has 0 aliphatic heterocycles. The largest absolute Gasteiger partial charge is 0.423 e. The van der Waals surface area contributed by atoms with Gasteiger partial charge in [-0.3, -0.25) is 9.36 Å². The monoisotopic (exact) mass is 460 g/mol. The van der Waals surface area contributed by atoms with E-state index in [9.17, 15) is 18.0 Å². The zero-order valence-electron chi connectivity index (χ0n) is 16.6. The van der Waals surface area contributed by atoms with Crippen molar-refractivity contribution in [3.05, 3.63) is 81.6 Å². The van der Waals surface area contributed by atoms with E-state index in [4.69, 9.17) is 17.3 Å². The van der Waals surface area contributed by atoms with Crippen LogP contribution in [-0.2, 0) is 6.18 Å². The summed E-state index contributed by atoms with van der Waals surface area (Å²) in [6, 6.07) is 12.6. The van der Waals surface area contributed by atoms with E-state index in [-0.39, 0.29) is 16.2 Å². The molecule has 0 spiro atoms. The summed E-state index contributed by atoms with van der Waals surface area (Å²) in [7, 11) is 0. The third kappa shape index (κ3) is 3.84. The van der Waals surface area contributed by atoms with Gasteiger partial charge in [-0.1, -0.05) is 35.9 Å². The van der Waals surface area contributed by atoms with Gasteiger partial charge in [0.1, 0.15) is 29.4 Å². The SMILES string of the molecule is C[C@H](Nc1ncnc(N)c1C(F)(F)F)c1nc2cccc(Cl)c2c(=O)n1-c1ccccc1. The van der Waals surface area contributed by atoms with Gasteiger partial charge in [0.05, 0.1) is 27.7 Å². The van der Waals surface area contributed by atoms with Crippen molar-refractivity contribution in [2.75, 3.05) is 11.1 Å². The number of aromatic nitrogens is 4. The van der Waals surface area contributed by atoms with E-state index < -0.39 is 35.0 Å². The van der Waals surface area contributed by atoms with E-state index in [1.807, 2.05) is 0 Å². The Kier molecular flexibility index (Phi) is 5.47. The molecule has 0 saturated heterocycles. The number of nitrogens with two attached hydrogens (primary N) is 1. The second-order valence-electron chi connectivity index (χ2n) is 6.93. The Morgan fingerprint density at radius 1 is 1.09 bits per heavy atom. The van der Waals surface area contributed by atoms with E-state index in [0.717, 1.165) is 6.33 Å². The Balaban J connectivity index is 1.92. The molecule has 3 N–H and O–H groups in total. The van der Waals surface area contributed by atoms with Gasteiger partial charge < -0.3 is 11.1 Å². The number of alkyl halides is 3. The molecule has 0 bridgehead atoms. The molecule has 0 saturated carbocycles. The molecule has 1 atom stereocenters. The molecule has 4 rings (SSSR count). The number of benzene rings is 2. The molecule has 2 aromatic carbocycles. The fourth-order valence-corrected chi connectivity index (χ4v) is 3.63. The normalized spacial score (nSPS) is 12.7. The van der Waals surface area contributed by atoms with Crippen molar-refractivity contribution in [1.82, 2.24) is 19.5 Å². The van der Waals surface area contributed by atoms with Crippen molar-refractivity contribution in [1.29, 1.82) is 0 Å². The molecule has 4 aromatic rings. The highest BCUT2D eigenvalue weighted by Crippen LogP contribution is 2.38. The minimum Gasteiger partial charge on any atom is -0.383 e. The first kappa shape index (κ1) is 21.6. The third-order valence-electron chi connectivity index (χ3n) is 4.79. The number of nitrogen functional groups attached to an aromatic ring is 1. The van der Waals surface area contributed by atoms with Crippen LogP contribution in [0.4, 0.5) is 24.8 Å². The van der Waals surface area contributed by atoms with Gasteiger partial charge in [0.15, 0.2) is 0 Å². The maximum absolute atomic E-state index is 13.5. The molecule has 2 aromatic heterocycles. The highest BCUT2D eigenvalue weighted by atomic mass is 35.5. The molecule has 32 heavy (non-hydrogen) atoms. The van der Waals surface area contributed by atoms with Crippen LogP contribution in [0.15, 0.2) is 59.7 Å². The van der Waals surface area contributed by atoms with E-state index in [0.29, 0.717) is 11.2 Å². The Morgan fingerprint density at radius 2 is 1.81 bits per heavy atom. The predicted molar refractivity (Wildman–Crippen MR) is 116 cm³/mol. The van der Waals surface area contributed by atoms with Crippen LogP contribution in [0.1, 0.15) is 24.4 Å². The van der Waals surface area contributed by atoms with Crippen LogP contribution in [0.2, 0.25) is 5.02 Å². The summed E-state index contributed by atoms with van der Waals surface area (Å²) in [5, 5.41) is 3.11. The fourth-order valence-electron chi connectivity index (χ4n) is 3.38. The van der Waals surface area contributed by atoms with Gasteiger partial charge in [-0.05, 0) is 31.2 Å². The van der Waals surface area contributed by atoms with Gasteiger partial charge >= 0.3 is 6.18 Å². The van der Waals surface area contributed by atoms with Crippen LogP contribution in [0.3, 0.4) is 0 Å². The second-order valence-corrected chi connectivity index (χ2v) is 7.33. The van der Waals surface area contributed by atoms with E-state index in [1.165, 1.54) is 4.57 Å². The zero-order valence-corrected chi connectivity index (χ0v) is 17.3. The highest BCUT2D eigenvalue weighted by molar-refractivity contribution is 6.35. The molecule has 0 amide bonds. The number of halogens is 4. The summed E-state index contributed by atoms with van der Waals surface area (Å²) in [5.74, 6) is -1.06. The number of nitrogens with one attached hydrogen (secondary N) is 1. The molecule has 164 valence electrons. The number of para-hydroxylation sites is 1. The lowest BCUT2D eigenvalue weighted by Gasteiger charge is -2.22. The summed E-state index contributed by atoms with van der Waals surface area (Å²) < 4.78 is 41.9. The maximum Gasteiger partial charge on any atom is 0.423 e. The van der Waals surface area contributed by atoms with Crippen molar-refractivity contribution < 1.29 is 13.2 Å². The quantitative estimate of drug-likeness (QED) is 0.461. The summed E-state index contributed by atoms with van der Waals surface area (Å²) in [5.41, 5.74) is 4.62. The molecule has 7 nitrogen and oxygen atoms in total. The summed E-state index contributed by atoms with van der Waals surface area (Å²) in [6.07, 6.45) is -3.85. The molecule has 0 unspecified atom stereocenters. The van der Waals surface area contributed by atoms with Crippen molar-refractivity contribution in [3.63, 3.8) is 0 Å². The van der Waals surface area contributed by atoms with Crippen LogP contribution >= 0.6 is 11.6 Å². The average Bonchev–Trinajstić information content (AvgIpc) is 2.73. The number of rotatable bonds is 4. The Morgan fingerprint density at radius 3 is 2.50 bits per heavy atom. The number of hydrogen-bond acceptors (Lipinski definition) is 6. The van der Waals surface area contributed by atoms with E-state index >= 15 is 0 Å². The molecule has 0 radical (unpaired) electrons. The lowest BCUT2D eigenvalue weighted by atomic mass is 10.2. The summed E-state index contributed by atoms with van der Waals surface area (Å²) >= 11 is 6.25. The van der Waals surface area contributed by atoms with Crippen LogP contribution in [0, 0.1) is 0 Å².